The molecule has 5 heteroatoms. The van der Waals surface area contributed by atoms with E-state index in [1.807, 2.05) is 6.07 Å². The van der Waals surface area contributed by atoms with E-state index in [0.717, 1.165) is 10.0 Å². The number of ketones is 1. The summed E-state index contributed by atoms with van der Waals surface area (Å²) < 4.78 is 0.800. The normalized spacial score (nSPS) is 17.6. The van der Waals surface area contributed by atoms with Crippen LogP contribution in [0.1, 0.15) is 23.2 Å². The predicted molar refractivity (Wildman–Crippen MR) is 81.0 cm³/mol. The molecule has 1 N–H and O–H groups in total. The number of carbonyl (C=O) groups is 2. The van der Waals surface area contributed by atoms with Crippen LogP contribution in [-0.2, 0) is 4.79 Å². The Kier molecular flexibility index (Phi) is 3.48. The maximum atomic E-state index is 12.1. The first-order chi connectivity index (χ1) is 9.56. The highest BCUT2D eigenvalue weighted by molar-refractivity contribution is 9.10. The number of Topliss-reactive ketones (excluding diaryl/α,β-unsaturated/α-hetero) is 1. The average molecular weight is 335 g/mol. The Morgan fingerprint density at radius 3 is 2.85 bits per heavy atom. The Bertz CT molecular complexity index is 608. The van der Waals surface area contributed by atoms with Gasteiger partial charge in [-0.1, -0.05) is 22.5 Å². The molecule has 4 nitrogen and oxygen atoms in total. The summed E-state index contributed by atoms with van der Waals surface area (Å²) >= 11 is 3.32. The highest BCUT2D eigenvalue weighted by atomic mass is 79.9. The molecule has 1 heterocycles. The monoisotopic (exact) mass is 334 g/mol. The standard InChI is InChI=1S/C15H15BrN2O2/c1-9(7-17-11-3-4-11)8-18-13-5-2-10(16)6-12(13)14(19)15(18)20/h2,5-6,11,17H,1,3-4,7-8H2. The smallest absolute Gasteiger partial charge is 0.299 e. The fourth-order valence-electron chi connectivity index (χ4n) is 2.29. The lowest BCUT2D eigenvalue weighted by Crippen LogP contribution is -2.33. The van der Waals surface area contributed by atoms with Crippen molar-refractivity contribution in [2.45, 2.75) is 18.9 Å². The van der Waals surface area contributed by atoms with Gasteiger partial charge in [0.25, 0.3) is 11.7 Å². The SMILES string of the molecule is C=C(CNC1CC1)CN1C(=O)C(=O)c2cc(Br)ccc21. The van der Waals surface area contributed by atoms with E-state index >= 15 is 0 Å². The number of hydrogen-bond acceptors (Lipinski definition) is 3. The minimum absolute atomic E-state index is 0.388. The first kappa shape index (κ1) is 13.5. The van der Waals surface area contributed by atoms with E-state index in [2.05, 4.69) is 27.8 Å². The Balaban J connectivity index is 1.74. The third-order valence-corrected chi connectivity index (χ3v) is 4.03. The summed E-state index contributed by atoms with van der Waals surface area (Å²) in [6, 6.07) is 5.93. The number of fused-ring (bicyclic) bond motifs is 1. The van der Waals surface area contributed by atoms with Gasteiger partial charge in [0.05, 0.1) is 11.3 Å². The molecule has 0 aromatic heterocycles. The van der Waals surface area contributed by atoms with Gasteiger partial charge in [0.15, 0.2) is 0 Å². The quantitative estimate of drug-likeness (QED) is 0.663. The summed E-state index contributed by atoms with van der Waals surface area (Å²) in [5.74, 6) is -0.907. The molecular formula is C15H15BrN2O2. The molecule has 1 aliphatic heterocycles. The number of nitrogens with one attached hydrogen (secondary N) is 1. The molecule has 1 aromatic rings. The molecule has 0 spiro atoms. The fraction of sp³-hybridized carbons (Fsp3) is 0.333. The maximum Gasteiger partial charge on any atom is 0.299 e. The number of amides is 1. The molecule has 1 aliphatic carbocycles. The van der Waals surface area contributed by atoms with Crippen LogP contribution in [0.3, 0.4) is 0 Å². The zero-order chi connectivity index (χ0) is 14.3. The van der Waals surface area contributed by atoms with Crippen LogP contribution in [0.2, 0.25) is 0 Å². The van der Waals surface area contributed by atoms with Crippen molar-refractivity contribution in [3.63, 3.8) is 0 Å². The topological polar surface area (TPSA) is 49.4 Å². The molecule has 0 atom stereocenters. The van der Waals surface area contributed by atoms with Gasteiger partial charge >= 0.3 is 0 Å². The van der Waals surface area contributed by atoms with Crippen molar-refractivity contribution in [1.82, 2.24) is 5.32 Å². The van der Waals surface area contributed by atoms with Gasteiger partial charge in [-0.15, -0.1) is 0 Å². The summed E-state index contributed by atoms with van der Waals surface area (Å²) in [4.78, 5) is 25.5. The number of benzene rings is 1. The molecule has 104 valence electrons. The maximum absolute atomic E-state index is 12.1. The third kappa shape index (κ3) is 2.55. The average Bonchev–Trinajstić information content (AvgIpc) is 3.22. The van der Waals surface area contributed by atoms with E-state index in [4.69, 9.17) is 0 Å². The molecule has 0 saturated heterocycles. The molecule has 1 amide bonds. The van der Waals surface area contributed by atoms with Crippen molar-refractivity contribution in [3.8, 4) is 0 Å². The highest BCUT2D eigenvalue weighted by Gasteiger charge is 2.36. The van der Waals surface area contributed by atoms with Crippen molar-refractivity contribution < 1.29 is 9.59 Å². The largest absolute Gasteiger partial charge is 0.310 e. The molecule has 3 rings (SSSR count). The number of hydrogen-bond donors (Lipinski definition) is 1. The van der Waals surface area contributed by atoms with E-state index in [9.17, 15) is 9.59 Å². The van der Waals surface area contributed by atoms with Gasteiger partial charge in [-0.25, -0.2) is 0 Å². The second-order valence-corrected chi connectivity index (χ2v) is 6.20. The number of halogens is 1. The van der Waals surface area contributed by atoms with Gasteiger partial charge in [-0.2, -0.15) is 0 Å². The summed E-state index contributed by atoms with van der Waals surface area (Å²) in [6.07, 6.45) is 2.43. The van der Waals surface area contributed by atoms with Crippen LogP contribution in [-0.4, -0.2) is 30.8 Å². The Morgan fingerprint density at radius 2 is 2.15 bits per heavy atom. The lowest BCUT2D eigenvalue weighted by Gasteiger charge is -2.18. The van der Waals surface area contributed by atoms with Gasteiger partial charge < -0.3 is 10.2 Å². The molecule has 1 saturated carbocycles. The van der Waals surface area contributed by atoms with E-state index in [1.165, 1.54) is 17.7 Å². The summed E-state index contributed by atoms with van der Waals surface area (Å²) in [7, 11) is 0. The minimum Gasteiger partial charge on any atom is -0.310 e. The van der Waals surface area contributed by atoms with Crippen molar-refractivity contribution in [1.29, 1.82) is 0 Å². The number of rotatable bonds is 5. The minimum atomic E-state index is -0.467. The zero-order valence-electron chi connectivity index (χ0n) is 11.0. The van der Waals surface area contributed by atoms with Crippen molar-refractivity contribution in [3.05, 3.63) is 40.4 Å². The molecule has 1 fully saturated rings. The van der Waals surface area contributed by atoms with Crippen LogP contribution in [0.15, 0.2) is 34.8 Å². The summed E-state index contributed by atoms with van der Waals surface area (Å²) in [5, 5.41) is 3.36. The molecule has 0 radical (unpaired) electrons. The fourth-order valence-corrected chi connectivity index (χ4v) is 2.65. The van der Waals surface area contributed by atoms with Crippen LogP contribution in [0.4, 0.5) is 5.69 Å². The number of nitrogens with zero attached hydrogens (tertiary/aromatic N) is 1. The van der Waals surface area contributed by atoms with E-state index in [0.29, 0.717) is 30.4 Å². The van der Waals surface area contributed by atoms with Gasteiger partial charge in [-0.3, -0.25) is 9.59 Å². The molecule has 20 heavy (non-hydrogen) atoms. The Hall–Kier alpha value is -1.46. The summed E-state index contributed by atoms with van der Waals surface area (Å²) in [5.41, 5.74) is 2.05. The lowest BCUT2D eigenvalue weighted by molar-refractivity contribution is -0.114. The van der Waals surface area contributed by atoms with Crippen LogP contribution in [0.5, 0.6) is 0 Å². The van der Waals surface area contributed by atoms with E-state index in [1.54, 1.807) is 12.1 Å². The summed E-state index contributed by atoms with van der Waals surface area (Å²) in [6.45, 7) is 5.07. The first-order valence-corrected chi connectivity index (χ1v) is 7.41. The molecular weight excluding hydrogens is 320 g/mol. The van der Waals surface area contributed by atoms with Gasteiger partial charge in [0, 0.05) is 23.6 Å². The molecule has 2 aliphatic rings. The predicted octanol–water partition coefficient (Wildman–Crippen LogP) is 2.29. The molecule has 0 bridgehead atoms. The van der Waals surface area contributed by atoms with Crippen LogP contribution in [0.25, 0.3) is 0 Å². The molecule has 0 unspecified atom stereocenters. The second kappa shape index (κ2) is 5.14. The van der Waals surface area contributed by atoms with Crippen molar-refractivity contribution >= 4 is 33.3 Å². The second-order valence-electron chi connectivity index (χ2n) is 5.29. The van der Waals surface area contributed by atoms with Crippen LogP contribution < -0.4 is 10.2 Å². The van der Waals surface area contributed by atoms with E-state index < -0.39 is 11.7 Å². The lowest BCUT2D eigenvalue weighted by atomic mass is 10.1. The van der Waals surface area contributed by atoms with Gasteiger partial charge in [0.1, 0.15) is 0 Å². The van der Waals surface area contributed by atoms with Crippen LogP contribution in [0, 0.1) is 0 Å². The molecule has 1 aromatic carbocycles. The van der Waals surface area contributed by atoms with E-state index in [-0.39, 0.29) is 0 Å². The van der Waals surface area contributed by atoms with Gasteiger partial charge in [0.2, 0.25) is 0 Å². The Labute approximate surface area is 126 Å². The number of carbonyl (C=O) groups excluding carboxylic acids is 2. The zero-order valence-corrected chi connectivity index (χ0v) is 12.6. The number of anilines is 1. The highest BCUT2D eigenvalue weighted by Crippen LogP contribution is 2.31. The Morgan fingerprint density at radius 1 is 1.40 bits per heavy atom. The van der Waals surface area contributed by atoms with Crippen LogP contribution >= 0.6 is 15.9 Å². The van der Waals surface area contributed by atoms with Crippen molar-refractivity contribution in [2.24, 2.45) is 0 Å². The van der Waals surface area contributed by atoms with Crippen molar-refractivity contribution in [2.75, 3.05) is 18.0 Å². The first-order valence-electron chi connectivity index (χ1n) is 6.62. The van der Waals surface area contributed by atoms with Gasteiger partial charge in [-0.05, 0) is 36.6 Å². The third-order valence-electron chi connectivity index (χ3n) is 3.53.